The lowest BCUT2D eigenvalue weighted by atomic mass is 10.1. The molecule has 0 radical (unpaired) electrons. The summed E-state index contributed by atoms with van der Waals surface area (Å²) in [5.74, 6) is -3.90. The third-order valence-corrected chi connectivity index (χ3v) is 2.86. The highest BCUT2D eigenvalue weighted by Gasteiger charge is 2.27. The van der Waals surface area contributed by atoms with Crippen LogP contribution in [0, 0.1) is 17.5 Å². The van der Waals surface area contributed by atoms with E-state index in [0.29, 0.717) is 18.6 Å². The van der Waals surface area contributed by atoms with Crippen LogP contribution in [0.15, 0.2) is 12.1 Å². The van der Waals surface area contributed by atoms with E-state index in [4.69, 9.17) is 0 Å². The van der Waals surface area contributed by atoms with Crippen LogP contribution < -0.4 is 10.6 Å². The van der Waals surface area contributed by atoms with Crippen molar-refractivity contribution in [1.29, 1.82) is 0 Å². The van der Waals surface area contributed by atoms with Gasteiger partial charge < -0.3 is 10.6 Å². The molecule has 2 rings (SSSR count). The molecule has 0 spiro atoms. The van der Waals surface area contributed by atoms with Crippen LogP contribution in [0.1, 0.15) is 18.4 Å². The number of nitrogens with one attached hydrogen (secondary N) is 2. The minimum Gasteiger partial charge on any atom is -0.350 e. The van der Waals surface area contributed by atoms with Gasteiger partial charge >= 0.3 is 0 Å². The van der Waals surface area contributed by atoms with Gasteiger partial charge in [0, 0.05) is 30.7 Å². The highest BCUT2D eigenvalue weighted by molar-refractivity contribution is 5.90. The maximum absolute atomic E-state index is 13.3. The number of benzene rings is 1. The van der Waals surface area contributed by atoms with Gasteiger partial charge in [0.15, 0.2) is 0 Å². The number of rotatable bonds is 3. The molecule has 0 aliphatic carbocycles. The summed E-state index contributed by atoms with van der Waals surface area (Å²) in [6.45, 7) is -0.400. The van der Waals surface area contributed by atoms with Crippen molar-refractivity contribution >= 4 is 11.8 Å². The molecule has 1 aromatic carbocycles. The molecule has 0 aromatic heterocycles. The zero-order valence-electron chi connectivity index (χ0n) is 9.80. The van der Waals surface area contributed by atoms with E-state index in [-0.39, 0.29) is 12.3 Å². The molecule has 1 aliphatic heterocycles. The first-order valence-electron chi connectivity index (χ1n) is 5.68. The number of hydrogen-bond acceptors (Lipinski definition) is 2. The zero-order valence-corrected chi connectivity index (χ0v) is 9.80. The molecule has 1 aliphatic rings. The number of amides is 2. The lowest BCUT2D eigenvalue weighted by Gasteiger charge is -2.11. The standard InChI is InChI=1S/C12H11F3N2O2/c13-6-3-8(14)7(9(15)4-6)5-16-12(19)10-1-2-11(18)17-10/h3-4,10H,1-2,5H2,(H,16,19)(H,17,18). The Morgan fingerprint density at radius 3 is 2.47 bits per heavy atom. The molecular weight excluding hydrogens is 261 g/mol. The number of halogens is 3. The summed E-state index contributed by atoms with van der Waals surface area (Å²) in [6.07, 6.45) is 0.594. The smallest absolute Gasteiger partial charge is 0.242 e. The average molecular weight is 272 g/mol. The van der Waals surface area contributed by atoms with Crippen molar-refractivity contribution in [2.24, 2.45) is 0 Å². The molecule has 102 valence electrons. The van der Waals surface area contributed by atoms with Crippen LogP contribution >= 0.6 is 0 Å². The van der Waals surface area contributed by atoms with Crippen LogP contribution in [0.25, 0.3) is 0 Å². The van der Waals surface area contributed by atoms with Crippen molar-refractivity contribution in [2.45, 2.75) is 25.4 Å². The monoisotopic (exact) mass is 272 g/mol. The van der Waals surface area contributed by atoms with Gasteiger partial charge in [-0.05, 0) is 6.42 Å². The van der Waals surface area contributed by atoms with Crippen LogP contribution in [-0.2, 0) is 16.1 Å². The summed E-state index contributed by atoms with van der Waals surface area (Å²) in [4.78, 5) is 22.5. The molecule has 2 N–H and O–H groups in total. The summed E-state index contributed by atoms with van der Waals surface area (Å²) < 4.78 is 39.3. The molecular formula is C12H11F3N2O2. The van der Waals surface area contributed by atoms with Crippen molar-refractivity contribution < 1.29 is 22.8 Å². The van der Waals surface area contributed by atoms with Crippen molar-refractivity contribution in [3.63, 3.8) is 0 Å². The highest BCUT2D eigenvalue weighted by Crippen LogP contribution is 2.15. The van der Waals surface area contributed by atoms with E-state index in [1.165, 1.54) is 0 Å². The SMILES string of the molecule is O=C1CCC(C(=O)NCc2c(F)cc(F)cc2F)N1. The Morgan fingerprint density at radius 2 is 1.95 bits per heavy atom. The molecule has 1 saturated heterocycles. The molecule has 1 atom stereocenters. The van der Waals surface area contributed by atoms with Crippen LogP contribution in [0.5, 0.6) is 0 Å². The molecule has 0 saturated carbocycles. The molecule has 1 unspecified atom stereocenters. The second-order valence-corrected chi connectivity index (χ2v) is 4.22. The second kappa shape index (κ2) is 5.29. The fourth-order valence-electron chi connectivity index (χ4n) is 1.85. The van der Waals surface area contributed by atoms with Gasteiger partial charge in [-0.3, -0.25) is 9.59 Å². The van der Waals surface area contributed by atoms with E-state index in [1.54, 1.807) is 0 Å². The lowest BCUT2D eigenvalue weighted by molar-refractivity contribution is -0.125. The van der Waals surface area contributed by atoms with E-state index in [2.05, 4.69) is 10.6 Å². The molecule has 4 nitrogen and oxygen atoms in total. The van der Waals surface area contributed by atoms with Crippen LogP contribution in [-0.4, -0.2) is 17.9 Å². The molecule has 1 heterocycles. The maximum atomic E-state index is 13.3. The van der Waals surface area contributed by atoms with Gasteiger partial charge in [-0.25, -0.2) is 13.2 Å². The molecule has 2 amide bonds. The largest absolute Gasteiger partial charge is 0.350 e. The molecule has 19 heavy (non-hydrogen) atoms. The highest BCUT2D eigenvalue weighted by atomic mass is 19.1. The van der Waals surface area contributed by atoms with Gasteiger partial charge in [0.1, 0.15) is 23.5 Å². The Hall–Kier alpha value is -2.05. The predicted molar refractivity (Wildman–Crippen MR) is 59.3 cm³/mol. The Labute approximate surface area is 107 Å². The number of hydrogen-bond donors (Lipinski definition) is 2. The van der Waals surface area contributed by atoms with Crippen LogP contribution in [0.4, 0.5) is 13.2 Å². The summed E-state index contributed by atoms with van der Waals surface area (Å²) in [5, 5.41) is 4.74. The van der Waals surface area contributed by atoms with Gasteiger partial charge in [0.05, 0.1) is 0 Å². The van der Waals surface area contributed by atoms with Crippen LogP contribution in [0.3, 0.4) is 0 Å². The van der Waals surface area contributed by atoms with Crippen LogP contribution in [0.2, 0.25) is 0 Å². The second-order valence-electron chi connectivity index (χ2n) is 4.22. The first-order valence-corrected chi connectivity index (χ1v) is 5.68. The quantitative estimate of drug-likeness (QED) is 0.862. The van der Waals surface area contributed by atoms with E-state index in [0.717, 1.165) is 0 Å². The minimum absolute atomic E-state index is 0.237. The fraction of sp³-hybridized carbons (Fsp3) is 0.333. The number of carbonyl (C=O) groups is 2. The van der Waals surface area contributed by atoms with Gasteiger partial charge in [-0.1, -0.05) is 0 Å². The van der Waals surface area contributed by atoms with E-state index in [9.17, 15) is 22.8 Å². The summed E-state index contributed by atoms with van der Waals surface area (Å²) in [7, 11) is 0. The Balaban J connectivity index is 1.99. The fourth-order valence-corrected chi connectivity index (χ4v) is 1.85. The van der Waals surface area contributed by atoms with Gasteiger partial charge in [-0.2, -0.15) is 0 Å². The first-order chi connectivity index (χ1) is 8.97. The van der Waals surface area contributed by atoms with Crippen molar-refractivity contribution in [3.05, 3.63) is 35.1 Å². The predicted octanol–water partition coefficient (Wildman–Crippen LogP) is 0.999. The molecule has 1 aromatic rings. The minimum atomic E-state index is -1.06. The summed E-state index contributed by atoms with van der Waals surface area (Å²) in [5.41, 5.74) is -0.418. The van der Waals surface area contributed by atoms with Gasteiger partial charge in [0.2, 0.25) is 11.8 Å². The van der Waals surface area contributed by atoms with Crippen molar-refractivity contribution in [2.75, 3.05) is 0 Å². The van der Waals surface area contributed by atoms with Crippen molar-refractivity contribution in [3.8, 4) is 0 Å². The number of carbonyl (C=O) groups excluding carboxylic acids is 2. The Kier molecular flexibility index (Phi) is 3.73. The molecule has 0 bridgehead atoms. The zero-order chi connectivity index (χ0) is 14.0. The van der Waals surface area contributed by atoms with E-state index < -0.39 is 41.5 Å². The first kappa shape index (κ1) is 13.4. The molecule has 1 fully saturated rings. The average Bonchev–Trinajstić information content (AvgIpc) is 2.74. The topological polar surface area (TPSA) is 58.2 Å². The summed E-state index contributed by atoms with van der Waals surface area (Å²) in [6, 6.07) is 0.406. The third-order valence-electron chi connectivity index (χ3n) is 2.86. The van der Waals surface area contributed by atoms with Gasteiger partial charge in [-0.15, -0.1) is 0 Å². The van der Waals surface area contributed by atoms with Crippen molar-refractivity contribution in [1.82, 2.24) is 10.6 Å². The summed E-state index contributed by atoms with van der Waals surface area (Å²) >= 11 is 0. The Morgan fingerprint density at radius 1 is 1.32 bits per heavy atom. The Bertz CT molecular complexity index is 511. The maximum Gasteiger partial charge on any atom is 0.242 e. The van der Waals surface area contributed by atoms with Gasteiger partial charge in [0.25, 0.3) is 0 Å². The third kappa shape index (κ3) is 3.04. The molecule has 7 heteroatoms. The van der Waals surface area contributed by atoms with E-state index in [1.807, 2.05) is 0 Å². The lowest BCUT2D eigenvalue weighted by Crippen LogP contribution is -2.41. The van der Waals surface area contributed by atoms with E-state index >= 15 is 0 Å². The normalized spacial score (nSPS) is 18.3.